The molecule has 0 saturated heterocycles. The molecule has 0 radical (unpaired) electrons. The number of fused-ring (bicyclic) bond motifs is 1. The number of nitrogens with zero attached hydrogens (tertiary/aromatic N) is 1. The van der Waals surface area contributed by atoms with Gasteiger partial charge in [0.15, 0.2) is 23.0 Å². The van der Waals surface area contributed by atoms with Crippen LogP contribution in [-0.2, 0) is 27.2 Å². The summed E-state index contributed by atoms with van der Waals surface area (Å²) in [5, 5.41) is 10.5. The summed E-state index contributed by atoms with van der Waals surface area (Å²) in [6.45, 7) is 1.31. The summed E-state index contributed by atoms with van der Waals surface area (Å²) >= 11 is 0. The van der Waals surface area contributed by atoms with Gasteiger partial charge in [0, 0.05) is 30.9 Å². The number of esters is 1. The summed E-state index contributed by atoms with van der Waals surface area (Å²) in [6.07, 6.45) is 1.89. The molecular weight excluding hydrogens is 525 g/mol. The summed E-state index contributed by atoms with van der Waals surface area (Å²) in [5.41, 5.74) is 3.21. The van der Waals surface area contributed by atoms with Crippen LogP contribution in [0.4, 0.5) is 4.39 Å². The number of ether oxygens (including phenoxy) is 6. The minimum atomic E-state index is -1.80. The Bertz CT molecular complexity index is 1240. The number of likely N-dealkylation sites (N-methyl/N-ethyl adjacent to an activating group) is 1. The first-order chi connectivity index (χ1) is 19.1. The van der Waals surface area contributed by atoms with Crippen LogP contribution in [0.25, 0.3) is 0 Å². The van der Waals surface area contributed by atoms with Gasteiger partial charge in [0.2, 0.25) is 11.6 Å². The molecule has 3 rings (SSSR count). The average Bonchev–Trinajstić information content (AvgIpc) is 2.95. The van der Waals surface area contributed by atoms with Crippen LogP contribution in [0.1, 0.15) is 29.2 Å². The van der Waals surface area contributed by atoms with Crippen molar-refractivity contribution in [2.24, 2.45) is 0 Å². The van der Waals surface area contributed by atoms with E-state index in [2.05, 4.69) is 7.05 Å². The van der Waals surface area contributed by atoms with Crippen molar-refractivity contribution in [2.45, 2.75) is 25.3 Å². The van der Waals surface area contributed by atoms with Crippen molar-refractivity contribution in [1.29, 1.82) is 0 Å². The lowest BCUT2D eigenvalue weighted by Gasteiger charge is -2.46. The molecule has 1 aliphatic heterocycles. The fourth-order valence-electron chi connectivity index (χ4n) is 5.23. The van der Waals surface area contributed by atoms with Crippen LogP contribution in [0.2, 0.25) is 0 Å². The first-order valence-electron chi connectivity index (χ1n) is 12.7. The number of carbonyl (C=O) groups is 2. The second-order valence-electron chi connectivity index (χ2n) is 9.64. The maximum Gasteiger partial charge on any atom is 0.367 e. The van der Waals surface area contributed by atoms with E-state index in [9.17, 15) is 19.1 Å². The Morgan fingerprint density at radius 3 is 2.10 bits per heavy atom. The number of hydrogen-bond donors (Lipinski definition) is 0. The van der Waals surface area contributed by atoms with Gasteiger partial charge in [0.05, 0.1) is 68.3 Å². The Balaban J connectivity index is 1.94. The van der Waals surface area contributed by atoms with Crippen LogP contribution in [0.5, 0.6) is 28.7 Å². The molecule has 11 heteroatoms. The van der Waals surface area contributed by atoms with E-state index in [1.54, 1.807) is 35.5 Å². The van der Waals surface area contributed by atoms with Gasteiger partial charge in [0.1, 0.15) is 6.04 Å². The topological polar surface area (TPSA) is 113 Å². The second-order valence-corrected chi connectivity index (χ2v) is 9.64. The molecule has 0 unspecified atom stereocenters. The standard InChI is InChI=1S/C29H36FNO9/c1-31(9-7-11-40-29(34)21(30)17-27(32)33)10-8-19-15-23(35-2)24(36-3)16-20(19)22(31)12-18-13-25(37-4)28(39-6)26(14-18)38-5/h13-17,22H,7-12H2,1-6H3/t22-,31-/m1/s1. The Kier molecular flexibility index (Phi) is 10.2. The first-order valence-corrected chi connectivity index (χ1v) is 12.7. The van der Waals surface area contributed by atoms with E-state index >= 15 is 0 Å². The van der Waals surface area contributed by atoms with Gasteiger partial charge in [-0.1, -0.05) is 0 Å². The predicted molar refractivity (Wildman–Crippen MR) is 141 cm³/mol. The SMILES string of the molecule is COc1cc2c(cc1OC)[C@@H](Cc1cc(OC)c(OC)c(OC)c1)[N@+](C)(CCCOC(=O)C(F)=CC(=O)[O-])CC2. The molecule has 40 heavy (non-hydrogen) atoms. The second kappa shape index (κ2) is 13.4. The molecule has 0 fully saturated rings. The largest absolute Gasteiger partial charge is 0.545 e. The van der Waals surface area contributed by atoms with Crippen LogP contribution in [0.15, 0.2) is 36.2 Å². The zero-order valence-corrected chi connectivity index (χ0v) is 23.7. The third kappa shape index (κ3) is 6.77. The van der Waals surface area contributed by atoms with Gasteiger partial charge in [0.25, 0.3) is 0 Å². The Morgan fingerprint density at radius 2 is 1.55 bits per heavy atom. The Morgan fingerprint density at radius 1 is 0.950 bits per heavy atom. The van der Waals surface area contributed by atoms with E-state index in [0.717, 1.165) is 29.7 Å². The van der Waals surface area contributed by atoms with Crippen molar-refractivity contribution in [3.63, 3.8) is 0 Å². The van der Waals surface area contributed by atoms with Gasteiger partial charge in [-0.2, -0.15) is 4.39 Å². The van der Waals surface area contributed by atoms with Crippen LogP contribution in [-0.4, -0.2) is 78.7 Å². The van der Waals surface area contributed by atoms with Gasteiger partial charge in [-0.15, -0.1) is 0 Å². The van der Waals surface area contributed by atoms with E-state index in [4.69, 9.17) is 28.4 Å². The summed E-state index contributed by atoms with van der Waals surface area (Å²) in [7, 11) is 10.0. The lowest BCUT2D eigenvalue weighted by atomic mass is 9.86. The number of halogens is 1. The minimum Gasteiger partial charge on any atom is -0.545 e. The smallest absolute Gasteiger partial charge is 0.367 e. The highest BCUT2D eigenvalue weighted by Crippen LogP contribution is 2.44. The molecule has 2 atom stereocenters. The first kappa shape index (κ1) is 30.6. The highest BCUT2D eigenvalue weighted by Gasteiger charge is 2.40. The summed E-state index contributed by atoms with van der Waals surface area (Å²) in [6, 6.07) is 7.82. The number of carboxylic acid groups (broad SMARTS) is 1. The van der Waals surface area contributed by atoms with E-state index in [0.29, 0.717) is 52.6 Å². The molecule has 1 heterocycles. The van der Waals surface area contributed by atoms with E-state index in [1.165, 1.54) is 0 Å². The average molecular weight is 562 g/mol. The minimum absolute atomic E-state index is 0.0446. The number of hydrogen-bond acceptors (Lipinski definition) is 9. The van der Waals surface area contributed by atoms with Gasteiger partial charge >= 0.3 is 5.97 Å². The zero-order chi connectivity index (χ0) is 29.4. The number of methoxy groups -OCH3 is 5. The molecule has 10 nitrogen and oxygen atoms in total. The van der Waals surface area contributed by atoms with Crippen molar-refractivity contribution >= 4 is 11.9 Å². The van der Waals surface area contributed by atoms with Crippen LogP contribution in [0.3, 0.4) is 0 Å². The van der Waals surface area contributed by atoms with Crippen LogP contribution < -0.4 is 28.8 Å². The fourth-order valence-corrected chi connectivity index (χ4v) is 5.23. The summed E-state index contributed by atoms with van der Waals surface area (Å²) in [5.74, 6) is -1.77. The molecule has 0 amide bonds. The molecule has 1 aliphatic rings. The number of rotatable bonds is 13. The maximum atomic E-state index is 13.6. The van der Waals surface area contributed by atoms with Gasteiger partial charge in [-0.05, 0) is 35.4 Å². The molecular formula is C29H36FNO9. The molecule has 0 saturated carbocycles. The van der Waals surface area contributed by atoms with Crippen molar-refractivity contribution in [1.82, 2.24) is 0 Å². The molecule has 0 aromatic heterocycles. The summed E-state index contributed by atoms with van der Waals surface area (Å²) in [4.78, 5) is 22.3. The number of quaternary nitrogens is 1. The van der Waals surface area contributed by atoms with Crippen molar-refractivity contribution in [3.8, 4) is 28.7 Å². The lowest BCUT2D eigenvalue weighted by Crippen LogP contribution is -2.52. The zero-order valence-electron chi connectivity index (χ0n) is 23.7. The van der Waals surface area contributed by atoms with E-state index in [-0.39, 0.29) is 18.7 Å². The van der Waals surface area contributed by atoms with Crippen molar-refractivity contribution in [2.75, 3.05) is 62.3 Å². The lowest BCUT2D eigenvalue weighted by molar-refractivity contribution is -0.941. The fraction of sp³-hybridized carbons (Fsp3) is 0.448. The highest BCUT2D eigenvalue weighted by molar-refractivity contribution is 5.93. The number of aliphatic carboxylic acids is 1. The van der Waals surface area contributed by atoms with Gasteiger partial charge in [-0.3, -0.25) is 0 Å². The molecule has 218 valence electrons. The van der Waals surface area contributed by atoms with Gasteiger partial charge in [-0.25, -0.2) is 4.79 Å². The third-order valence-corrected chi connectivity index (χ3v) is 7.29. The molecule has 0 aliphatic carbocycles. The normalized spacial score (nSPS) is 18.4. The molecule has 0 spiro atoms. The highest BCUT2D eigenvalue weighted by atomic mass is 19.1. The Hall–Kier alpha value is -3.99. The third-order valence-electron chi connectivity index (χ3n) is 7.29. The number of carbonyl (C=O) groups excluding carboxylic acids is 2. The Labute approximate surface area is 233 Å². The molecule has 2 aromatic rings. The summed E-state index contributed by atoms with van der Waals surface area (Å²) < 4.78 is 46.9. The number of carboxylic acids is 1. The maximum absolute atomic E-state index is 13.6. The van der Waals surface area contributed by atoms with E-state index < -0.39 is 17.8 Å². The van der Waals surface area contributed by atoms with Gasteiger partial charge < -0.3 is 42.8 Å². The predicted octanol–water partition coefficient (Wildman–Crippen LogP) is 2.55. The quantitative estimate of drug-likeness (QED) is 0.158. The van der Waals surface area contributed by atoms with Crippen molar-refractivity contribution in [3.05, 3.63) is 52.9 Å². The molecule has 0 N–H and O–H groups in total. The van der Waals surface area contributed by atoms with E-state index in [1.807, 2.05) is 24.3 Å². The van der Waals surface area contributed by atoms with Crippen molar-refractivity contribution < 1.29 is 52.0 Å². The van der Waals surface area contributed by atoms with Crippen LogP contribution >= 0.6 is 0 Å². The molecule has 0 bridgehead atoms. The van der Waals surface area contributed by atoms with Crippen LogP contribution in [0, 0.1) is 0 Å². The number of benzene rings is 2. The molecule has 2 aromatic carbocycles. The monoisotopic (exact) mass is 561 g/mol.